The molecule has 2 amide bonds. The van der Waals surface area contributed by atoms with E-state index in [1.165, 1.54) is 5.56 Å². The summed E-state index contributed by atoms with van der Waals surface area (Å²) in [6, 6.07) is 5.39. The van der Waals surface area contributed by atoms with Gasteiger partial charge in [-0.1, -0.05) is 32.0 Å². The van der Waals surface area contributed by atoms with Crippen LogP contribution in [0.15, 0.2) is 22.7 Å². The molecule has 1 atom stereocenters. The van der Waals surface area contributed by atoms with Crippen LogP contribution in [0.3, 0.4) is 0 Å². The molecule has 1 aromatic carbocycles. The fraction of sp³-hybridized carbons (Fsp3) is 0.545. The molecule has 1 aromatic heterocycles. The molecule has 1 saturated heterocycles. The molecule has 0 spiro atoms. The summed E-state index contributed by atoms with van der Waals surface area (Å²) in [7, 11) is 0. The molecule has 0 bridgehead atoms. The van der Waals surface area contributed by atoms with Gasteiger partial charge in [-0.05, 0) is 43.5 Å². The Labute approximate surface area is 182 Å². The molecular formula is C22H30N4O3S. The monoisotopic (exact) mass is 430 g/mol. The first-order valence-electron chi connectivity index (χ1n) is 10.2. The van der Waals surface area contributed by atoms with Gasteiger partial charge >= 0.3 is 0 Å². The van der Waals surface area contributed by atoms with Gasteiger partial charge in [-0.25, -0.2) is 0 Å². The van der Waals surface area contributed by atoms with Crippen LogP contribution in [0.4, 0.5) is 5.69 Å². The fourth-order valence-electron chi connectivity index (χ4n) is 3.15. The Hall–Kier alpha value is -2.35. The quantitative estimate of drug-likeness (QED) is 0.749. The number of nitrogens with one attached hydrogen (secondary N) is 1. The number of hydrogen-bond acceptors (Lipinski definition) is 6. The molecule has 0 aliphatic carbocycles. The van der Waals surface area contributed by atoms with Crippen molar-refractivity contribution in [3.63, 3.8) is 0 Å². The van der Waals surface area contributed by atoms with Crippen molar-refractivity contribution in [2.75, 3.05) is 16.9 Å². The molecule has 1 aliphatic heterocycles. The van der Waals surface area contributed by atoms with Crippen LogP contribution in [0.2, 0.25) is 0 Å². The number of aryl methyl sites for hydroxylation is 3. The largest absolute Gasteiger partial charge is 0.339 e. The van der Waals surface area contributed by atoms with Crippen molar-refractivity contribution in [3.05, 3.63) is 41.0 Å². The first-order valence-corrected chi connectivity index (χ1v) is 11.4. The molecule has 0 saturated carbocycles. The van der Waals surface area contributed by atoms with Crippen LogP contribution >= 0.6 is 11.8 Å². The second-order valence-electron chi connectivity index (χ2n) is 8.78. The number of amides is 2. The summed E-state index contributed by atoms with van der Waals surface area (Å²) in [5.74, 6) is 2.22. The Balaban J connectivity index is 1.52. The number of carbonyl (C=O) groups is 2. The van der Waals surface area contributed by atoms with E-state index in [0.29, 0.717) is 42.6 Å². The lowest BCUT2D eigenvalue weighted by Gasteiger charge is -2.23. The van der Waals surface area contributed by atoms with E-state index in [1.807, 2.05) is 52.8 Å². The topological polar surface area (TPSA) is 88.3 Å². The minimum absolute atomic E-state index is 0.0178. The number of hydrogen-bond donors (Lipinski definition) is 1. The highest BCUT2D eigenvalue weighted by Gasteiger charge is 2.34. The third kappa shape index (κ3) is 5.41. The molecule has 2 heterocycles. The number of benzene rings is 1. The number of aromatic nitrogens is 2. The molecule has 2 aromatic rings. The van der Waals surface area contributed by atoms with Gasteiger partial charge in [0.15, 0.2) is 5.82 Å². The van der Waals surface area contributed by atoms with Gasteiger partial charge in [-0.3, -0.25) is 9.59 Å². The van der Waals surface area contributed by atoms with Gasteiger partial charge in [-0.2, -0.15) is 4.98 Å². The maximum atomic E-state index is 12.8. The molecule has 8 heteroatoms. The summed E-state index contributed by atoms with van der Waals surface area (Å²) in [4.78, 5) is 31.6. The van der Waals surface area contributed by atoms with Gasteiger partial charge in [0.2, 0.25) is 17.7 Å². The second kappa shape index (κ2) is 9.20. The molecule has 1 aliphatic rings. The van der Waals surface area contributed by atoms with E-state index in [1.54, 1.807) is 16.7 Å². The Morgan fingerprint density at radius 3 is 2.70 bits per heavy atom. The predicted octanol–water partition coefficient (Wildman–Crippen LogP) is 3.85. The van der Waals surface area contributed by atoms with Gasteiger partial charge in [0.05, 0.1) is 5.88 Å². The second-order valence-corrected chi connectivity index (χ2v) is 9.78. The normalized spacial score (nSPS) is 16.7. The molecule has 30 heavy (non-hydrogen) atoms. The zero-order valence-electron chi connectivity index (χ0n) is 18.3. The maximum absolute atomic E-state index is 12.8. The molecule has 0 radical (unpaired) electrons. The number of rotatable bonds is 6. The highest BCUT2D eigenvalue weighted by atomic mass is 32.2. The van der Waals surface area contributed by atoms with E-state index in [2.05, 4.69) is 15.5 Å². The van der Waals surface area contributed by atoms with Crippen LogP contribution in [0.25, 0.3) is 0 Å². The third-order valence-corrected chi connectivity index (χ3v) is 6.21. The zero-order valence-corrected chi connectivity index (χ0v) is 19.1. The summed E-state index contributed by atoms with van der Waals surface area (Å²) in [5, 5.41) is 6.97. The van der Waals surface area contributed by atoms with Crippen LogP contribution in [0, 0.1) is 13.8 Å². The first-order chi connectivity index (χ1) is 14.1. The Morgan fingerprint density at radius 2 is 2.03 bits per heavy atom. The number of thioether (sulfide) groups is 1. The molecule has 162 valence electrons. The highest BCUT2D eigenvalue weighted by molar-refractivity contribution is 7.99. The minimum atomic E-state index is -0.444. The Bertz CT molecular complexity index is 919. The van der Waals surface area contributed by atoms with Crippen LogP contribution < -0.4 is 5.32 Å². The maximum Gasteiger partial charge on any atom is 0.248 e. The lowest BCUT2D eigenvalue weighted by Crippen LogP contribution is -2.44. The fourth-order valence-corrected chi connectivity index (χ4v) is 4.33. The van der Waals surface area contributed by atoms with E-state index in [4.69, 9.17) is 4.52 Å². The average Bonchev–Trinajstić information content (AvgIpc) is 3.34. The van der Waals surface area contributed by atoms with Gasteiger partial charge in [0.1, 0.15) is 6.04 Å². The number of carbonyl (C=O) groups excluding carboxylic acids is 2. The van der Waals surface area contributed by atoms with Crippen molar-refractivity contribution in [2.24, 2.45) is 0 Å². The lowest BCUT2D eigenvalue weighted by atomic mass is 9.96. The van der Waals surface area contributed by atoms with Crippen molar-refractivity contribution in [2.45, 2.75) is 65.3 Å². The van der Waals surface area contributed by atoms with Crippen molar-refractivity contribution in [1.82, 2.24) is 15.0 Å². The summed E-state index contributed by atoms with van der Waals surface area (Å²) in [6.07, 6.45) is 1.51. The average molecular weight is 431 g/mol. The van der Waals surface area contributed by atoms with Crippen LogP contribution in [0.1, 0.15) is 56.5 Å². The van der Waals surface area contributed by atoms with Crippen LogP contribution in [-0.4, -0.2) is 44.5 Å². The van der Waals surface area contributed by atoms with E-state index in [0.717, 1.165) is 11.3 Å². The molecule has 1 fully saturated rings. The van der Waals surface area contributed by atoms with E-state index < -0.39 is 6.04 Å². The Morgan fingerprint density at radius 1 is 1.27 bits per heavy atom. The van der Waals surface area contributed by atoms with Crippen molar-refractivity contribution in [1.29, 1.82) is 0 Å². The third-order valence-electron chi connectivity index (χ3n) is 5.20. The van der Waals surface area contributed by atoms with Crippen LogP contribution in [-0.2, 0) is 21.4 Å². The molecule has 1 unspecified atom stereocenters. The van der Waals surface area contributed by atoms with E-state index >= 15 is 0 Å². The summed E-state index contributed by atoms with van der Waals surface area (Å²) in [6.45, 7) is 10.1. The molecule has 1 N–H and O–H groups in total. The SMILES string of the molecule is Cc1ccc(NC(=O)C2CSCN2C(=O)CCCc2nc(C(C)(C)C)no2)cc1C. The van der Waals surface area contributed by atoms with Gasteiger partial charge in [0.25, 0.3) is 0 Å². The Kier molecular flexibility index (Phi) is 6.85. The zero-order chi connectivity index (χ0) is 21.9. The summed E-state index contributed by atoms with van der Waals surface area (Å²) >= 11 is 1.60. The standard InChI is InChI=1S/C22H30N4O3S/c1-14-9-10-16(11-15(14)2)23-20(28)17-12-30-13-26(17)19(27)8-6-7-18-24-21(25-29-18)22(3,4)5/h9-11,17H,6-8,12-13H2,1-5H3,(H,23,28). The lowest BCUT2D eigenvalue weighted by molar-refractivity contribution is -0.136. The number of nitrogens with zero attached hydrogens (tertiary/aromatic N) is 3. The smallest absolute Gasteiger partial charge is 0.248 e. The van der Waals surface area contributed by atoms with Gasteiger partial charge in [0, 0.05) is 29.7 Å². The van der Waals surface area contributed by atoms with Gasteiger partial charge in [-0.15, -0.1) is 11.8 Å². The first kappa shape index (κ1) is 22.3. The van der Waals surface area contributed by atoms with Crippen LogP contribution in [0.5, 0.6) is 0 Å². The van der Waals surface area contributed by atoms with E-state index in [9.17, 15) is 9.59 Å². The molecule has 7 nitrogen and oxygen atoms in total. The molecular weight excluding hydrogens is 400 g/mol. The minimum Gasteiger partial charge on any atom is -0.339 e. The highest BCUT2D eigenvalue weighted by Crippen LogP contribution is 2.24. The molecule has 3 rings (SSSR count). The van der Waals surface area contributed by atoms with Crippen molar-refractivity contribution >= 4 is 29.3 Å². The summed E-state index contributed by atoms with van der Waals surface area (Å²) < 4.78 is 5.29. The number of anilines is 1. The predicted molar refractivity (Wildman–Crippen MR) is 118 cm³/mol. The van der Waals surface area contributed by atoms with Crippen molar-refractivity contribution in [3.8, 4) is 0 Å². The van der Waals surface area contributed by atoms with E-state index in [-0.39, 0.29) is 17.2 Å². The summed E-state index contributed by atoms with van der Waals surface area (Å²) in [5.41, 5.74) is 2.90. The van der Waals surface area contributed by atoms with Crippen molar-refractivity contribution < 1.29 is 14.1 Å². The van der Waals surface area contributed by atoms with Gasteiger partial charge < -0.3 is 14.7 Å².